The quantitative estimate of drug-likeness (QED) is 0.326. The average molecular weight is 416 g/mol. The smallest absolute Gasteiger partial charge is 0.0815 e. The summed E-state index contributed by atoms with van der Waals surface area (Å²) in [6, 6.07) is 14.8. The molecule has 0 bridgehead atoms. The standard InChI is InChI=1S/C22H22ClNOS2/c1-24(2)10-5-11-25-13-21-22-17-12-15(23)8-9-20(17)27-19-7-4-3-6-16(19)18(22)14-26-21/h3-4,6-9,12,14H,5,10-11,13H2,1-2H3. The summed E-state index contributed by atoms with van der Waals surface area (Å²) in [4.78, 5) is 6.00. The Hall–Kier alpha value is -1.30. The molecule has 4 rings (SSSR count). The second-order valence-corrected chi connectivity index (χ2v) is 9.38. The van der Waals surface area contributed by atoms with Crippen LogP contribution in [0.2, 0.25) is 5.02 Å². The first kappa shape index (κ1) is 19.0. The summed E-state index contributed by atoms with van der Waals surface area (Å²) in [6.45, 7) is 2.47. The van der Waals surface area contributed by atoms with Crippen molar-refractivity contribution in [3.05, 3.63) is 57.7 Å². The fourth-order valence-corrected chi connectivity index (χ4v) is 5.57. The molecule has 140 valence electrons. The van der Waals surface area contributed by atoms with Crippen molar-refractivity contribution in [2.24, 2.45) is 0 Å². The Labute approximate surface area is 174 Å². The van der Waals surface area contributed by atoms with Crippen molar-refractivity contribution in [2.75, 3.05) is 27.2 Å². The Morgan fingerprint density at radius 1 is 1.00 bits per heavy atom. The van der Waals surface area contributed by atoms with E-state index in [0.29, 0.717) is 6.61 Å². The lowest BCUT2D eigenvalue weighted by Gasteiger charge is -2.11. The topological polar surface area (TPSA) is 12.5 Å². The van der Waals surface area contributed by atoms with Crippen molar-refractivity contribution in [3.8, 4) is 22.3 Å². The summed E-state index contributed by atoms with van der Waals surface area (Å²) >= 11 is 9.96. The number of benzene rings is 2. The van der Waals surface area contributed by atoms with Crippen LogP contribution >= 0.6 is 34.7 Å². The lowest BCUT2D eigenvalue weighted by molar-refractivity contribution is 0.115. The number of fused-ring (bicyclic) bond motifs is 5. The number of rotatable bonds is 6. The molecule has 27 heavy (non-hydrogen) atoms. The number of nitrogens with zero attached hydrogens (tertiary/aromatic N) is 1. The third-order valence-electron chi connectivity index (χ3n) is 4.60. The van der Waals surface area contributed by atoms with E-state index in [-0.39, 0.29) is 0 Å². The van der Waals surface area contributed by atoms with E-state index in [1.54, 1.807) is 11.3 Å². The highest BCUT2D eigenvalue weighted by Crippen LogP contribution is 2.51. The molecule has 0 amide bonds. The summed E-state index contributed by atoms with van der Waals surface area (Å²) in [5.74, 6) is 0. The molecule has 0 spiro atoms. The zero-order chi connectivity index (χ0) is 18.8. The van der Waals surface area contributed by atoms with Crippen LogP contribution in [0.5, 0.6) is 0 Å². The second-order valence-electron chi connectivity index (χ2n) is 6.90. The lowest BCUT2D eigenvalue weighted by Crippen LogP contribution is -2.14. The first-order valence-electron chi connectivity index (χ1n) is 9.03. The highest BCUT2D eigenvalue weighted by Gasteiger charge is 2.24. The van der Waals surface area contributed by atoms with Crippen molar-refractivity contribution < 1.29 is 4.74 Å². The molecular formula is C22H22ClNOS2. The van der Waals surface area contributed by atoms with Gasteiger partial charge in [-0.1, -0.05) is 41.6 Å². The zero-order valence-corrected chi connectivity index (χ0v) is 17.9. The molecule has 5 heteroatoms. The zero-order valence-electron chi connectivity index (χ0n) is 15.5. The molecule has 1 aromatic heterocycles. The van der Waals surface area contributed by atoms with E-state index in [9.17, 15) is 0 Å². The van der Waals surface area contributed by atoms with Gasteiger partial charge in [0.25, 0.3) is 0 Å². The van der Waals surface area contributed by atoms with Crippen LogP contribution in [-0.2, 0) is 11.3 Å². The van der Waals surface area contributed by atoms with Gasteiger partial charge in [0.1, 0.15) is 0 Å². The second kappa shape index (κ2) is 8.38. The predicted molar refractivity (Wildman–Crippen MR) is 117 cm³/mol. The molecule has 0 unspecified atom stereocenters. The van der Waals surface area contributed by atoms with E-state index in [1.807, 2.05) is 17.8 Å². The van der Waals surface area contributed by atoms with Crippen molar-refractivity contribution in [1.82, 2.24) is 4.90 Å². The Morgan fingerprint density at radius 3 is 2.67 bits per heavy atom. The lowest BCUT2D eigenvalue weighted by atomic mass is 9.97. The fraction of sp³-hybridized carbons (Fsp3) is 0.273. The molecule has 1 aliphatic heterocycles. The van der Waals surface area contributed by atoms with Gasteiger partial charge < -0.3 is 9.64 Å². The SMILES string of the molecule is CN(C)CCCOCc1scc2c1-c1cc(Cl)ccc1Sc1ccccc1-2. The molecule has 0 N–H and O–H groups in total. The molecule has 0 fully saturated rings. The third-order valence-corrected chi connectivity index (χ3v) is 6.95. The molecule has 0 atom stereocenters. The molecule has 0 saturated carbocycles. The summed E-state index contributed by atoms with van der Waals surface area (Å²) < 4.78 is 6.01. The number of hydrogen-bond donors (Lipinski definition) is 0. The molecule has 0 saturated heterocycles. The summed E-state index contributed by atoms with van der Waals surface area (Å²) in [5.41, 5.74) is 5.07. The molecule has 2 heterocycles. The van der Waals surface area contributed by atoms with Gasteiger partial charge >= 0.3 is 0 Å². The van der Waals surface area contributed by atoms with E-state index in [0.717, 1.165) is 24.6 Å². The largest absolute Gasteiger partial charge is 0.376 e. The highest BCUT2D eigenvalue weighted by molar-refractivity contribution is 7.99. The maximum Gasteiger partial charge on any atom is 0.0815 e. The number of ether oxygens (including phenoxy) is 1. The Morgan fingerprint density at radius 2 is 1.81 bits per heavy atom. The molecule has 0 aliphatic carbocycles. The van der Waals surface area contributed by atoms with E-state index >= 15 is 0 Å². The van der Waals surface area contributed by atoms with E-state index in [2.05, 4.69) is 60.8 Å². The summed E-state index contributed by atoms with van der Waals surface area (Å²) in [5, 5.41) is 3.04. The van der Waals surface area contributed by atoms with Gasteiger partial charge in [-0.05, 0) is 67.8 Å². The Balaban J connectivity index is 1.70. The minimum atomic E-state index is 0.645. The van der Waals surface area contributed by atoms with Gasteiger partial charge in [0.2, 0.25) is 0 Å². The van der Waals surface area contributed by atoms with Crippen LogP contribution in [0.15, 0.2) is 57.6 Å². The van der Waals surface area contributed by atoms with Gasteiger partial charge in [0.15, 0.2) is 0 Å². The van der Waals surface area contributed by atoms with Gasteiger partial charge in [-0.15, -0.1) is 11.3 Å². The Kier molecular flexibility index (Phi) is 5.90. The number of halogens is 1. The molecule has 1 aliphatic rings. The monoisotopic (exact) mass is 415 g/mol. The fourth-order valence-electron chi connectivity index (χ4n) is 3.33. The molecule has 0 radical (unpaired) electrons. The predicted octanol–water partition coefficient (Wildman–Crippen LogP) is 6.67. The highest BCUT2D eigenvalue weighted by atomic mass is 35.5. The van der Waals surface area contributed by atoms with E-state index in [1.165, 1.54) is 36.9 Å². The third kappa shape index (κ3) is 4.10. The first-order chi connectivity index (χ1) is 13.1. The Bertz CT molecular complexity index is 951. The normalized spacial score (nSPS) is 12.4. The number of thiophene rings is 1. The van der Waals surface area contributed by atoms with Crippen molar-refractivity contribution in [1.29, 1.82) is 0 Å². The van der Waals surface area contributed by atoms with E-state index < -0.39 is 0 Å². The van der Waals surface area contributed by atoms with Gasteiger partial charge in [-0.2, -0.15) is 0 Å². The van der Waals surface area contributed by atoms with Crippen molar-refractivity contribution >= 4 is 34.7 Å². The van der Waals surface area contributed by atoms with Crippen LogP contribution in [0.1, 0.15) is 11.3 Å². The van der Waals surface area contributed by atoms with E-state index in [4.69, 9.17) is 16.3 Å². The minimum Gasteiger partial charge on any atom is -0.376 e. The summed E-state index contributed by atoms with van der Waals surface area (Å²) in [6.07, 6.45) is 1.04. The van der Waals surface area contributed by atoms with Crippen LogP contribution in [0, 0.1) is 0 Å². The van der Waals surface area contributed by atoms with Crippen molar-refractivity contribution in [2.45, 2.75) is 22.8 Å². The molecule has 3 aromatic rings. The van der Waals surface area contributed by atoms with Crippen LogP contribution in [0.4, 0.5) is 0 Å². The van der Waals surface area contributed by atoms with Gasteiger partial charge in [0, 0.05) is 37.4 Å². The van der Waals surface area contributed by atoms with Crippen LogP contribution in [0.25, 0.3) is 22.3 Å². The van der Waals surface area contributed by atoms with Gasteiger partial charge in [-0.3, -0.25) is 0 Å². The van der Waals surface area contributed by atoms with Gasteiger partial charge in [-0.25, -0.2) is 0 Å². The molecule has 2 nitrogen and oxygen atoms in total. The molecule has 2 aromatic carbocycles. The maximum atomic E-state index is 6.36. The number of hydrogen-bond acceptors (Lipinski definition) is 4. The van der Waals surface area contributed by atoms with Crippen LogP contribution in [0.3, 0.4) is 0 Å². The average Bonchev–Trinajstić information content (AvgIpc) is 3.00. The van der Waals surface area contributed by atoms with Crippen LogP contribution < -0.4 is 0 Å². The summed E-state index contributed by atoms with van der Waals surface area (Å²) in [7, 11) is 4.18. The van der Waals surface area contributed by atoms with Crippen LogP contribution in [-0.4, -0.2) is 32.1 Å². The van der Waals surface area contributed by atoms with Gasteiger partial charge in [0.05, 0.1) is 6.61 Å². The van der Waals surface area contributed by atoms with Crippen molar-refractivity contribution in [3.63, 3.8) is 0 Å². The molecular weight excluding hydrogens is 394 g/mol. The maximum absolute atomic E-state index is 6.36. The first-order valence-corrected chi connectivity index (χ1v) is 11.1. The minimum absolute atomic E-state index is 0.645.